The van der Waals surface area contributed by atoms with Crippen LogP contribution in [0, 0.1) is 21.4 Å². The summed E-state index contributed by atoms with van der Waals surface area (Å²) in [5.74, 6) is -0.161. The zero-order valence-corrected chi connectivity index (χ0v) is 12.9. The standard InChI is InChI=1S/C14H9F3N4O2S/c1-24-13-10(7-18)11(14(15,16)17)6-12(20-13)19-8-3-2-4-9(5-8)21(22)23/h2-6H,1H3,(H,19,20). The van der Waals surface area contributed by atoms with Crippen LogP contribution in [0.15, 0.2) is 35.4 Å². The van der Waals surface area contributed by atoms with Crippen LogP contribution in [0.1, 0.15) is 11.1 Å². The number of benzene rings is 1. The normalized spacial score (nSPS) is 11.0. The fraction of sp³-hybridized carbons (Fsp3) is 0.143. The maximum atomic E-state index is 13.1. The molecule has 0 aliphatic carbocycles. The van der Waals surface area contributed by atoms with Gasteiger partial charge in [-0.1, -0.05) is 6.07 Å². The number of alkyl halides is 3. The summed E-state index contributed by atoms with van der Waals surface area (Å²) in [6.45, 7) is 0. The van der Waals surface area contributed by atoms with E-state index in [4.69, 9.17) is 5.26 Å². The number of nitro benzene ring substituents is 1. The van der Waals surface area contributed by atoms with Crippen LogP contribution in [0.25, 0.3) is 0 Å². The zero-order valence-electron chi connectivity index (χ0n) is 12.1. The van der Waals surface area contributed by atoms with Crippen molar-refractivity contribution in [3.63, 3.8) is 0 Å². The molecule has 6 nitrogen and oxygen atoms in total. The molecule has 0 unspecified atom stereocenters. The van der Waals surface area contributed by atoms with Crippen molar-refractivity contribution in [2.45, 2.75) is 11.2 Å². The van der Waals surface area contributed by atoms with E-state index in [0.717, 1.165) is 11.8 Å². The quantitative estimate of drug-likeness (QED) is 0.499. The van der Waals surface area contributed by atoms with Crippen molar-refractivity contribution in [3.8, 4) is 6.07 Å². The summed E-state index contributed by atoms with van der Waals surface area (Å²) in [5, 5.41) is 22.2. The van der Waals surface area contributed by atoms with Crippen LogP contribution < -0.4 is 5.32 Å². The molecule has 2 aromatic rings. The fourth-order valence-electron chi connectivity index (χ4n) is 1.91. The van der Waals surface area contributed by atoms with Gasteiger partial charge in [-0.05, 0) is 18.4 Å². The van der Waals surface area contributed by atoms with Gasteiger partial charge in [0.1, 0.15) is 16.9 Å². The van der Waals surface area contributed by atoms with Crippen molar-refractivity contribution in [2.75, 3.05) is 11.6 Å². The monoisotopic (exact) mass is 354 g/mol. The molecular weight excluding hydrogens is 345 g/mol. The Morgan fingerprint density at radius 1 is 1.38 bits per heavy atom. The molecule has 0 radical (unpaired) electrons. The Morgan fingerprint density at radius 2 is 2.08 bits per heavy atom. The van der Waals surface area contributed by atoms with Crippen molar-refractivity contribution in [1.29, 1.82) is 5.26 Å². The molecule has 0 fully saturated rings. The number of hydrogen-bond donors (Lipinski definition) is 1. The number of nitro groups is 1. The number of non-ortho nitro benzene ring substituents is 1. The van der Waals surface area contributed by atoms with Crippen molar-refractivity contribution in [2.24, 2.45) is 0 Å². The molecule has 124 valence electrons. The first-order chi connectivity index (χ1) is 11.3. The van der Waals surface area contributed by atoms with Crippen LogP contribution >= 0.6 is 11.8 Å². The SMILES string of the molecule is CSc1nc(Nc2cccc([N+](=O)[O-])c2)cc(C(F)(F)F)c1C#N. The number of nitrogens with one attached hydrogen (secondary N) is 1. The molecule has 1 heterocycles. The molecule has 0 bridgehead atoms. The van der Waals surface area contributed by atoms with E-state index >= 15 is 0 Å². The molecule has 1 aromatic carbocycles. The van der Waals surface area contributed by atoms with Crippen molar-refractivity contribution in [1.82, 2.24) is 4.98 Å². The van der Waals surface area contributed by atoms with Gasteiger partial charge < -0.3 is 5.32 Å². The van der Waals surface area contributed by atoms with E-state index in [-0.39, 0.29) is 22.2 Å². The lowest BCUT2D eigenvalue weighted by molar-refractivity contribution is -0.384. The van der Waals surface area contributed by atoms with Gasteiger partial charge in [0, 0.05) is 17.8 Å². The lowest BCUT2D eigenvalue weighted by Gasteiger charge is -2.14. The molecule has 1 aromatic heterocycles. The second-order valence-corrected chi connectivity index (χ2v) is 5.28. The molecule has 24 heavy (non-hydrogen) atoms. The highest BCUT2D eigenvalue weighted by Gasteiger charge is 2.35. The lowest BCUT2D eigenvalue weighted by atomic mass is 10.1. The van der Waals surface area contributed by atoms with Gasteiger partial charge in [0.05, 0.1) is 16.1 Å². The molecule has 10 heteroatoms. The predicted molar refractivity (Wildman–Crippen MR) is 82.1 cm³/mol. The molecule has 2 rings (SSSR count). The van der Waals surface area contributed by atoms with E-state index in [0.29, 0.717) is 6.07 Å². The number of rotatable bonds is 4. The van der Waals surface area contributed by atoms with Gasteiger partial charge >= 0.3 is 6.18 Å². The average molecular weight is 354 g/mol. The van der Waals surface area contributed by atoms with Gasteiger partial charge in [0.2, 0.25) is 0 Å². The van der Waals surface area contributed by atoms with E-state index in [1.54, 1.807) is 0 Å². The number of thioether (sulfide) groups is 1. The number of nitrogens with zero attached hydrogens (tertiary/aromatic N) is 3. The Kier molecular flexibility index (Phi) is 4.94. The van der Waals surface area contributed by atoms with E-state index in [9.17, 15) is 23.3 Å². The Labute approximate surface area is 138 Å². The van der Waals surface area contributed by atoms with Crippen molar-refractivity contribution in [3.05, 3.63) is 51.6 Å². The number of aromatic nitrogens is 1. The second-order valence-electron chi connectivity index (χ2n) is 4.48. The van der Waals surface area contributed by atoms with Crippen molar-refractivity contribution >= 4 is 29.0 Å². The van der Waals surface area contributed by atoms with E-state index in [1.807, 2.05) is 0 Å². The third-order valence-electron chi connectivity index (χ3n) is 2.93. The number of nitriles is 1. The van der Waals surface area contributed by atoms with Gasteiger partial charge in [-0.3, -0.25) is 10.1 Å². The van der Waals surface area contributed by atoms with Gasteiger partial charge in [-0.15, -0.1) is 11.8 Å². The van der Waals surface area contributed by atoms with Crippen LogP contribution in [0.2, 0.25) is 0 Å². The summed E-state index contributed by atoms with van der Waals surface area (Å²) < 4.78 is 39.4. The Morgan fingerprint density at radius 3 is 2.62 bits per heavy atom. The summed E-state index contributed by atoms with van der Waals surface area (Å²) in [4.78, 5) is 14.1. The van der Waals surface area contributed by atoms with Crippen LogP contribution in [-0.4, -0.2) is 16.2 Å². The Hall–Kier alpha value is -2.80. The molecule has 0 spiro atoms. The molecule has 0 amide bonds. The second kappa shape index (κ2) is 6.76. The largest absolute Gasteiger partial charge is 0.417 e. The minimum Gasteiger partial charge on any atom is -0.340 e. The van der Waals surface area contributed by atoms with Gasteiger partial charge in [0.25, 0.3) is 5.69 Å². The van der Waals surface area contributed by atoms with Crippen LogP contribution in [0.4, 0.5) is 30.4 Å². The predicted octanol–water partition coefficient (Wildman–Crippen LogP) is 4.35. The summed E-state index contributed by atoms with van der Waals surface area (Å²) >= 11 is 0.901. The maximum Gasteiger partial charge on any atom is 0.417 e. The van der Waals surface area contributed by atoms with Gasteiger partial charge in [-0.25, -0.2) is 4.98 Å². The third kappa shape index (κ3) is 3.75. The van der Waals surface area contributed by atoms with E-state index in [2.05, 4.69) is 10.3 Å². The van der Waals surface area contributed by atoms with E-state index < -0.39 is 22.2 Å². The average Bonchev–Trinajstić information content (AvgIpc) is 2.53. The minimum absolute atomic E-state index is 0.0831. The highest BCUT2D eigenvalue weighted by atomic mass is 32.2. The molecular formula is C14H9F3N4O2S. The third-order valence-corrected chi connectivity index (χ3v) is 3.61. The first kappa shape index (κ1) is 17.6. The van der Waals surface area contributed by atoms with Crippen LogP contribution in [-0.2, 0) is 6.18 Å². The summed E-state index contributed by atoms with van der Waals surface area (Å²) in [5.41, 5.74) is -1.67. The molecule has 0 saturated heterocycles. The Bertz CT molecular complexity index is 834. The first-order valence-corrected chi connectivity index (χ1v) is 7.56. The molecule has 0 atom stereocenters. The van der Waals surface area contributed by atoms with Crippen LogP contribution in [0.3, 0.4) is 0 Å². The number of hydrogen-bond acceptors (Lipinski definition) is 6. The van der Waals surface area contributed by atoms with Gasteiger partial charge in [-0.2, -0.15) is 18.4 Å². The summed E-state index contributed by atoms with van der Waals surface area (Å²) in [6.07, 6.45) is -3.22. The smallest absolute Gasteiger partial charge is 0.340 e. The zero-order chi connectivity index (χ0) is 17.9. The van der Waals surface area contributed by atoms with Crippen LogP contribution in [0.5, 0.6) is 0 Å². The number of anilines is 2. The maximum absolute atomic E-state index is 13.1. The van der Waals surface area contributed by atoms with Crippen molar-refractivity contribution < 1.29 is 18.1 Å². The number of pyridine rings is 1. The Balaban J connectivity index is 2.50. The lowest BCUT2D eigenvalue weighted by Crippen LogP contribution is -2.11. The summed E-state index contributed by atoms with van der Waals surface area (Å²) in [7, 11) is 0. The molecule has 0 saturated carbocycles. The van der Waals surface area contributed by atoms with E-state index in [1.165, 1.54) is 36.6 Å². The van der Waals surface area contributed by atoms with Gasteiger partial charge in [0.15, 0.2) is 0 Å². The number of halogens is 3. The first-order valence-electron chi connectivity index (χ1n) is 6.34. The minimum atomic E-state index is -4.72. The molecule has 1 N–H and O–H groups in total. The fourth-order valence-corrected chi connectivity index (χ4v) is 2.46. The molecule has 0 aliphatic rings. The summed E-state index contributed by atoms with van der Waals surface area (Å²) in [6, 6.07) is 7.50. The highest BCUT2D eigenvalue weighted by molar-refractivity contribution is 7.98. The molecule has 0 aliphatic heterocycles. The topological polar surface area (TPSA) is 91.8 Å². The highest BCUT2D eigenvalue weighted by Crippen LogP contribution is 2.37.